The molecule has 0 aliphatic heterocycles. The lowest BCUT2D eigenvalue weighted by Gasteiger charge is -2.58. The van der Waals surface area contributed by atoms with Crippen molar-refractivity contribution in [3.8, 4) is 0 Å². The molecule has 0 aromatic rings. The van der Waals surface area contributed by atoms with E-state index in [4.69, 9.17) is 0 Å². The fourth-order valence-corrected chi connectivity index (χ4v) is 3.17. The fourth-order valence-electron chi connectivity index (χ4n) is 3.17. The molecule has 0 spiro atoms. The Balaban J connectivity index is 2.33. The SMILES string of the molecule is CC(C)(C(=O)O)C1=CCC2CC1C2(C)C. The summed E-state index contributed by atoms with van der Waals surface area (Å²) in [6.45, 7) is 8.21. The third-order valence-corrected chi connectivity index (χ3v) is 4.72. The van der Waals surface area contributed by atoms with E-state index in [2.05, 4.69) is 19.9 Å². The summed E-state index contributed by atoms with van der Waals surface area (Å²) in [5.74, 6) is 0.563. The molecule has 2 heteroatoms. The van der Waals surface area contributed by atoms with Gasteiger partial charge in [-0.1, -0.05) is 25.5 Å². The van der Waals surface area contributed by atoms with E-state index in [1.807, 2.05) is 13.8 Å². The minimum atomic E-state index is -0.699. The van der Waals surface area contributed by atoms with Crippen molar-refractivity contribution in [1.82, 2.24) is 0 Å². The highest BCUT2D eigenvalue weighted by atomic mass is 16.4. The van der Waals surface area contributed by atoms with Gasteiger partial charge in [-0.3, -0.25) is 4.79 Å². The number of fused-ring (bicyclic) bond motifs is 1. The lowest BCUT2D eigenvalue weighted by atomic mass is 9.46. The van der Waals surface area contributed by atoms with Gasteiger partial charge in [0.25, 0.3) is 0 Å². The van der Waals surface area contributed by atoms with Crippen LogP contribution in [0.1, 0.15) is 40.5 Å². The van der Waals surface area contributed by atoms with Crippen molar-refractivity contribution in [3.63, 3.8) is 0 Å². The molecule has 0 aromatic carbocycles. The molecule has 0 aromatic heterocycles. The van der Waals surface area contributed by atoms with E-state index in [1.165, 1.54) is 6.42 Å². The lowest BCUT2D eigenvalue weighted by molar-refractivity contribution is -0.146. The Kier molecular flexibility index (Phi) is 2.05. The predicted molar refractivity (Wildman–Crippen MR) is 59.5 cm³/mol. The number of allylic oxidation sites excluding steroid dienone is 1. The molecule has 1 saturated carbocycles. The van der Waals surface area contributed by atoms with Crippen LogP contribution in [0.5, 0.6) is 0 Å². The number of carboxylic acids is 1. The van der Waals surface area contributed by atoms with E-state index in [-0.39, 0.29) is 0 Å². The number of aliphatic carboxylic acids is 1. The number of hydrogen-bond donors (Lipinski definition) is 1. The molecule has 0 heterocycles. The molecule has 1 fully saturated rings. The molecule has 84 valence electrons. The molecule has 0 saturated heterocycles. The second-order valence-electron chi connectivity index (χ2n) is 6.13. The molecule has 3 rings (SSSR count). The highest BCUT2D eigenvalue weighted by molar-refractivity contribution is 5.78. The van der Waals surface area contributed by atoms with E-state index < -0.39 is 11.4 Å². The summed E-state index contributed by atoms with van der Waals surface area (Å²) >= 11 is 0. The van der Waals surface area contributed by atoms with E-state index in [9.17, 15) is 9.90 Å². The maximum absolute atomic E-state index is 11.3. The second kappa shape index (κ2) is 2.87. The average Bonchev–Trinajstić information content (AvgIpc) is 2.17. The number of rotatable bonds is 2. The summed E-state index contributed by atoms with van der Waals surface area (Å²) in [4.78, 5) is 11.3. The Morgan fingerprint density at radius 1 is 1.53 bits per heavy atom. The lowest BCUT2D eigenvalue weighted by Crippen LogP contribution is -2.51. The van der Waals surface area contributed by atoms with Gasteiger partial charge in [-0.05, 0) is 43.9 Å². The highest BCUT2D eigenvalue weighted by Gasteiger charge is 2.55. The molecule has 3 aliphatic rings. The van der Waals surface area contributed by atoms with Gasteiger partial charge in [0.2, 0.25) is 0 Å². The first-order valence-electron chi connectivity index (χ1n) is 5.72. The van der Waals surface area contributed by atoms with Crippen LogP contribution < -0.4 is 0 Å². The van der Waals surface area contributed by atoms with Crippen molar-refractivity contribution in [3.05, 3.63) is 11.6 Å². The zero-order chi connectivity index (χ0) is 11.4. The zero-order valence-corrected chi connectivity index (χ0v) is 10.0. The van der Waals surface area contributed by atoms with Crippen molar-refractivity contribution in [2.75, 3.05) is 0 Å². The fraction of sp³-hybridized carbons (Fsp3) is 0.769. The number of carbonyl (C=O) groups is 1. The third-order valence-electron chi connectivity index (χ3n) is 4.72. The van der Waals surface area contributed by atoms with Gasteiger partial charge in [-0.15, -0.1) is 0 Å². The average molecular weight is 208 g/mol. The quantitative estimate of drug-likeness (QED) is 0.708. The Morgan fingerprint density at radius 3 is 2.53 bits per heavy atom. The van der Waals surface area contributed by atoms with Crippen LogP contribution in [-0.2, 0) is 4.79 Å². The molecule has 3 aliphatic carbocycles. The number of carboxylic acid groups (broad SMARTS) is 1. The van der Waals surface area contributed by atoms with Crippen molar-refractivity contribution >= 4 is 5.97 Å². The van der Waals surface area contributed by atoms with Gasteiger partial charge in [0.15, 0.2) is 0 Å². The standard InChI is InChI=1S/C13H20O2/c1-12(2)8-5-6-9(10(12)7-8)13(3,4)11(14)15/h6,8,10H,5,7H2,1-4H3,(H,14,15). The van der Waals surface area contributed by atoms with Crippen LogP contribution >= 0.6 is 0 Å². The summed E-state index contributed by atoms with van der Waals surface area (Å²) in [6, 6.07) is 0. The molecule has 2 bridgehead atoms. The maximum atomic E-state index is 11.3. The minimum absolute atomic E-state index is 0.316. The molecule has 2 atom stereocenters. The Hall–Kier alpha value is -0.790. The molecule has 1 N–H and O–H groups in total. The normalized spacial score (nSPS) is 32.9. The Labute approximate surface area is 91.4 Å². The molecular weight excluding hydrogens is 188 g/mol. The summed E-state index contributed by atoms with van der Waals surface area (Å²) in [5.41, 5.74) is 0.784. The van der Waals surface area contributed by atoms with Crippen LogP contribution in [0.4, 0.5) is 0 Å². The van der Waals surface area contributed by atoms with Crippen molar-refractivity contribution in [1.29, 1.82) is 0 Å². The molecule has 0 radical (unpaired) electrons. The van der Waals surface area contributed by atoms with Gasteiger partial charge >= 0.3 is 5.97 Å². The van der Waals surface area contributed by atoms with Crippen LogP contribution in [0.25, 0.3) is 0 Å². The van der Waals surface area contributed by atoms with E-state index >= 15 is 0 Å². The Morgan fingerprint density at radius 2 is 2.13 bits per heavy atom. The van der Waals surface area contributed by atoms with Crippen LogP contribution in [0.3, 0.4) is 0 Å². The van der Waals surface area contributed by atoms with Gasteiger partial charge < -0.3 is 5.11 Å². The maximum Gasteiger partial charge on any atom is 0.313 e. The summed E-state index contributed by atoms with van der Waals surface area (Å²) in [6.07, 6.45) is 4.43. The van der Waals surface area contributed by atoms with Crippen LogP contribution in [0.15, 0.2) is 11.6 Å². The van der Waals surface area contributed by atoms with Crippen molar-refractivity contribution < 1.29 is 9.90 Å². The van der Waals surface area contributed by atoms with E-state index in [0.717, 1.165) is 17.9 Å². The van der Waals surface area contributed by atoms with Crippen molar-refractivity contribution in [2.45, 2.75) is 40.5 Å². The summed E-state index contributed by atoms with van der Waals surface area (Å²) < 4.78 is 0. The van der Waals surface area contributed by atoms with Crippen molar-refractivity contribution in [2.24, 2.45) is 22.7 Å². The largest absolute Gasteiger partial charge is 0.481 e. The molecular formula is C13H20O2. The van der Waals surface area contributed by atoms with E-state index in [0.29, 0.717) is 11.3 Å². The Bertz CT molecular complexity index is 336. The zero-order valence-electron chi connectivity index (χ0n) is 10.0. The first kappa shape index (κ1) is 10.7. The van der Waals surface area contributed by atoms with Gasteiger partial charge in [-0.2, -0.15) is 0 Å². The van der Waals surface area contributed by atoms with Crippen LogP contribution in [-0.4, -0.2) is 11.1 Å². The van der Waals surface area contributed by atoms with Gasteiger partial charge in [0, 0.05) is 0 Å². The monoisotopic (exact) mass is 208 g/mol. The first-order valence-corrected chi connectivity index (χ1v) is 5.72. The predicted octanol–water partition coefficient (Wildman–Crippen LogP) is 3.09. The second-order valence-corrected chi connectivity index (χ2v) is 6.13. The van der Waals surface area contributed by atoms with Gasteiger partial charge in [-0.25, -0.2) is 0 Å². The van der Waals surface area contributed by atoms with Gasteiger partial charge in [0.1, 0.15) is 0 Å². The topological polar surface area (TPSA) is 37.3 Å². The summed E-state index contributed by atoms with van der Waals surface area (Å²) in [5, 5.41) is 9.26. The highest BCUT2D eigenvalue weighted by Crippen LogP contribution is 2.62. The third kappa shape index (κ3) is 1.27. The van der Waals surface area contributed by atoms with Gasteiger partial charge in [0.05, 0.1) is 5.41 Å². The van der Waals surface area contributed by atoms with E-state index in [1.54, 1.807) is 0 Å². The molecule has 0 amide bonds. The van der Waals surface area contributed by atoms with Crippen LogP contribution in [0.2, 0.25) is 0 Å². The molecule has 2 nitrogen and oxygen atoms in total. The molecule has 15 heavy (non-hydrogen) atoms. The first-order chi connectivity index (χ1) is 6.78. The minimum Gasteiger partial charge on any atom is -0.481 e. The smallest absolute Gasteiger partial charge is 0.313 e. The van der Waals surface area contributed by atoms with Crippen LogP contribution in [0, 0.1) is 22.7 Å². The molecule has 2 unspecified atom stereocenters. The summed E-state index contributed by atoms with van der Waals surface area (Å²) in [7, 11) is 0. The number of hydrogen-bond acceptors (Lipinski definition) is 1.